The molecule has 1 aliphatic rings. The molecule has 0 saturated heterocycles. The minimum absolute atomic E-state index is 0.568. The highest BCUT2D eigenvalue weighted by Crippen LogP contribution is 2.28. The molecule has 0 spiro atoms. The third kappa shape index (κ3) is 3.22. The van der Waals surface area contributed by atoms with Crippen LogP contribution in [0.25, 0.3) is 0 Å². The molecule has 0 saturated carbocycles. The molecule has 0 aliphatic heterocycles. The van der Waals surface area contributed by atoms with Gasteiger partial charge in [-0.1, -0.05) is 35.9 Å². The van der Waals surface area contributed by atoms with Crippen molar-refractivity contribution in [2.45, 2.75) is 32.3 Å². The lowest BCUT2D eigenvalue weighted by Gasteiger charge is -2.13. The summed E-state index contributed by atoms with van der Waals surface area (Å²) in [4.78, 5) is 0. The first-order chi connectivity index (χ1) is 10.3. The molecule has 0 atom stereocenters. The maximum Gasteiger partial charge on any atom is 0.124 e. The van der Waals surface area contributed by atoms with Crippen molar-refractivity contribution in [2.24, 2.45) is 5.73 Å². The van der Waals surface area contributed by atoms with Crippen molar-refractivity contribution in [3.05, 3.63) is 63.7 Å². The van der Waals surface area contributed by atoms with Crippen molar-refractivity contribution in [3.63, 3.8) is 0 Å². The van der Waals surface area contributed by atoms with E-state index in [0.717, 1.165) is 22.8 Å². The Hall–Kier alpha value is -1.51. The van der Waals surface area contributed by atoms with E-state index in [4.69, 9.17) is 22.1 Å². The fourth-order valence-electron chi connectivity index (χ4n) is 2.94. The van der Waals surface area contributed by atoms with Crippen molar-refractivity contribution >= 4 is 11.6 Å². The second-order valence-electron chi connectivity index (χ2n) is 5.50. The number of hydrogen-bond acceptors (Lipinski definition) is 2. The van der Waals surface area contributed by atoms with Crippen molar-refractivity contribution in [1.29, 1.82) is 0 Å². The average Bonchev–Trinajstić information content (AvgIpc) is 2.95. The number of fused-ring (bicyclic) bond motifs is 1. The van der Waals surface area contributed by atoms with E-state index in [0.29, 0.717) is 13.2 Å². The molecule has 0 fully saturated rings. The first kappa shape index (κ1) is 14.4. The Morgan fingerprint density at radius 1 is 1.10 bits per heavy atom. The lowest BCUT2D eigenvalue weighted by molar-refractivity contribution is 0.303. The molecule has 2 aromatic rings. The number of hydrogen-bond donors (Lipinski definition) is 1. The van der Waals surface area contributed by atoms with Gasteiger partial charge in [0.1, 0.15) is 12.4 Å². The van der Waals surface area contributed by atoms with E-state index >= 15 is 0 Å². The SMILES string of the molecule is NCCc1c(Cl)cccc1OCc1ccc2c(c1)CCC2. The van der Waals surface area contributed by atoms with Crippen molar-refractivity contribution in [2.75, 3.05) is 6.54 Å². The molecule has 0 amide bonds. The molecule has 1 aliphatic carbocycles. The van der Waals surface area contributed by atoms with E-state index in [1.165, 1.54) is 36.0 Å². The number of benzene rings is 2. The quantitative estimate of drug-likeness (QED) is 0.909. The molecule has 21 heavy (non-hydrogen) atoms. The summed E-state index contributed by atoms with van der Waals surface area (Å²) in [7, 11) is 0. The summed E-state index contributed by atoms with van der Waals surface area (Å²) in [6, 6.07) is 12.4. The van der Waals surface area contributed by atoms with Gasteiger partial charge >= 0.3 is 0 Å². The summed E-state index contributed by atoms with van der Waals surface area (Å²) in [5.74, 6) is 0.841. The van der Waals surface area contributed by atoms with E-state index in [9.17, 15) is 0 Å². The summed E-state index contributed by atoms with van der Waals surface area (Å²) in [6.45, 7) is 1.14. The van der Waals surface area contributed by atoms with E-state index in [-0.39, 0.29) is 0 Å². The lowest BCUT2D eigenvalue weighted by Crippen LogP contribution is -2.06. The highest BCUT2D eigenvalue weighted by Gasteiger charge is 2.12. The van der Waals surface area contributed by atoms with Gasteiger partial charge < -0.3 is 10.5 Å². The number of nitrogens with two attached hydrogens (primary N) is 1. The molecular formula is C18H20ClNO. The highest BCUT2D eigenvalue weighted by molar-refractivity contribution is 6.31. The molecule has 2 aromatic carbocycles. The number of aryl methyl sites for hydroxylation is 2. The normalized spacial score (nSPS) is 13.2. The Balaban J connectivity index is 1.74. The van der Waals surface area contributed by atoms with Gasteiger partial charge in [0.05, 0.1) is 0 Å². The Labute approximate surface area is 130 Å². The van der Waals surface area contributed by atoms with Crippen molar-refractivity contribution in [1.82, 2.24) is 0 Å². The minimum atomic E-state index is 0.568. The molecule has 3 heteroatoms. The predicted molar refractivity (Wildman–Crippen MR) is 87.0 cm³/mol. The zero-order valence-electron chi connectivity index (χ0n) is 12.1. The van der Waals surface area contributed by atoms with Crippen LogP contribution >= 0.6 is 11.6 Å². The van der Waals surface area contributed by atoms with Gasteiger partial charge in [-0.25, -0.2) is 0 Å². The van der Waals surface area contributed by atoms with Crippen molar-refractivity contribution in [3.8, 4) is 5.75 Å². The molecule has 110 valence electrons. The fourth-order valence-corrected chi connectivity index (χ4v) is 3.20. The third-order valence-electron chi connectivity index (χ3n) is 4.03. The topological polar surface area (TPSA) is 35.2 Å². The van der Waals surface area contributed by atoms with Gasteiger partial charge in [0.25, 0.3) is 0 Å². The molecule has 0 unspecified atom stereocenters. The number of ether oxygens (including phenoxy) is 1. The van der Waals surface area contributed by atoms with Gasteiger partial charge in [-0.05, 0) is 61.1 Å². The Morgan fingerprint density at radius 2 is 1.95 bits per heavy atom. The summed E-state index contributed by atoms with van der Waals surface area (Å²) in [5, 5.41) is 0.729. The minimum Gasteiger partial charge on any atom is -0.489 e. The van der Waals surface area contributed by atoms with Crippen LogP contribution in [-0.4, -0.2) is 6.54 Å². The van der Waals surface area contributed by atoms with Crippen molar-refractivity contribution < 1.29 is 4.74 Å². The molecule has 3 rings (SSSR count). The van der Waals surface area contributed by atoms with Crippen LogP contribution < -0.4 is 10.5 Å². The standard InChI is InChI=1S/C18H20ClNO/c19-17-5-2-6-18(16(17)9-10-20)21-12-13-7-8-14-3-1-4-15(14)11-13/h2,5-8,11H,1,3-4,9-10,12,20H2. The smallest absolute Gasteiger partial charge is 0.124 e. The highest BCUT2D eigenvalue weighted by atomic mass is 35.5. The van der Waals surface area contributed by atoms with E-state index in [2.05, 4.69) is 18.2 Å². The van der Waals surface area contributed by atoms with E-state index < -0.39 is 0 Å². The van der Waals surface area contributed by atoms with Crippen LogP contribution in [0.2, 0.25) is 5.02 Å². The maximum atomic E-state index is 6.23. The Bertz CT molecular complexity index is 639. The van der Waals surface area contributed by atoms with Gasteiger partial charge in [0.2, 0.25) is 0 Å². The van der Waals surface area contributed by atoms with E-state index in [1.807, 2.05) is 18.2 Å². The van der Waals surface area contributed by atoms with Crippen LogP contribution in [0.5, 0.6) is 5.75 Å². The maximum absolute atomic E-state index is 6.23. The van der Waals surface area contributed by atoms with Gasteiger partial charge in [0, 0.05) is 10.6 Å². The fraction of sp³-hybridized carbons (Fsp3) is 0.333. The second-order valence-corrected chi connectivity index (χ2v) is 5.91. The summed E-state index contributed by atoms with van der Waals surface area (Å²) in [6.07, 6.45) is 4.41. The van der Waals surface area contributed by atoms with E-state index in [1.54, 1.807) is 0 Å². The summed E-state index contributed by atoms with van der Waals surface area (Å²) < 4.78 is 5.98. The Kier molecular flexibility index (Phi) is 4.47. The van der Waals surface area contributed by atoms with Crippen LogP contribution in [0.4, 0.5) is 0 Å². The van der Waals surface area contributed by atoms with Gasteiger partial charge in [-0.2, -0.15) is 0 Å². The zero-order valence-corrected chi connectivity index (χ0v) is 12.8. The first-order valence-corrected chi connectivity index (χ1v) is 7.86. The number of halogens is 1. The van der Waals surface area contributed by atoms with Crippen LogP contribution in [-0.2, 0) is 25.9 Å². The predicted octanol–water partition coefficient (Wildman–Crippen LogP) is 3.91. The average molecular weight is 302 g/mol. The summed E-state index contributed by atoms with van der Waals surface area (Å²) in [5.41, 5.74) is 10.8. The number of rotatable bonds is 5. The van der Waals surface area contributed by atoms with Crippen LogP contribution in [0.1, 0.15) is 28.7 Å². The monoisotopic (exact) mass is 301 g/mol. The molecule has 0 bridgehead atoms. The first-order valence-electron chi connectivity index (χ1n) is 7.49. The van der Waals surface area contributed by atoms with Crippen LogP contribution in [0.15, 0.2) is 36.4 Å². The summed E-state index contributed by atoms with van der Waals surface area (Å²) >= 11 is 6.23. The van der Waals surface area contributed by atoms with Crippen LogP contribution in [0.3, 0.4) is 0 Å². The molecule has 0 aromatic heterocycles. The zero-order chi connectivity index (χ0) is 14.7. The second kappa shape index (κ2) is 6.50. The van der Waals surface area contributed by atoms with Gasteiger partial charge in [0.15, 0.2) is 0 Å². The Morgan fingerprint density at radius 3 is 2.81 bits per heavy atom. The van der Waals surface area contributed by atoms with Crippen LogP contribution in [0, 0.1) is 0 Å². The molecule has 2 nitrogen and oxygen atoms in total. The molecule has 0 heterocycles. The lowest BCUT2D eigenvalue weighted by atomic mass is 10.1. The molecule has 2 N–H and O–H groups in total. The third-order valence-corrected chi connectivity index (χ3v) is 4.38. The molecular weight excluding hydrogens is 282 g/mol. The van der Waals surface area contributed by atoms with Gasteiger partial charge in [-0.3, -0.25) is 0 Å². The largest absolute Gasteiger partial charge is 0.489 e. The molecule has 0 radical (unpaired) electrons. The van der Waals surface area contributed by atoms with Gasteiger partial charge in [-0.15, -0.1) is 0 Å².